The van der Waals surface area contributed by atoms with E-state index in [4.69, 9.17) is 5.73 Å². The van der Waals surface area contributed by atoms with Crippen molar-refractivity contribution in [2.75, 3.05) is 12.3 Å². The molecule has 0 atom stereocenters. The Bertz CT molecular complexity index is 536. The summed E-state index contributed by atoms with van der Waals surface area (Å²) in [4.78, 5) is 3.98. The minimum atomic E-state index is -4.35. The van der Waals surface area contributed by atoms with Gasteiger partial charge in [-0.3, -0.25) is 0 Å². The number of alkyl halides is 3. The highest BCUT2D eigenvalue weighted by Crippen LogP contribution is 2.17. The first-order chi connectivity index (χ1) is 8.94. The van der Waals surface area contributed by atoms with Crippen LogP contribution in [0.25, 0.3) is 11.4 Å². The molecule has 0 spiro atoms. The summed E-state index contributed by atoms with van der Waals surface area (Å²) in [6.45, 7) is -1.62. The Morgan fingerprint density at radius 2 is 1.89 bits per heavy atom. The number of nitrogens with two attached hydrogens (primary N) is 1. The monoisotopic (exact) mass is 272 g/mol. The minimum absolute atomic E-state index is 0.304. The van der Waals surface area contributed by atoms with Crippen LogP contribution in [0, 0.1) is 0 Å². The van der Waals surface area contributed by atoms with Crippen LogP contribution >= 0.6 is 0 Å². The average Bonchev–Trinajstić information content (AvgIpc) is 2.77. The summed E-state index contributed by atoms with van der Waals surface area (Å²) in [7, 11) is 0. The van der Waals surface area contributed by atoms with Gasteiger partial charge in [-0.05, 0) is 24.3 Å². The first-order valence-corrected chi connectivity index (χ1v) is 5.34. The maximum absolute atomic E-state index is 11.9. The smallest absolute Gasteiger partial charge is 0.399 e. The lowest BCUT2D eigenvalue weighted by molar-refractivity contribution is -0.182. The highest BCUT2D eigenvalue weighted by atomic mass is 19.4. The van der Waals surface area contributed by atoms with Gasteiger partial charge in [0.15, 0.2) is 5.82 Å². The first-order valence-electron chi connectivity index (χ1n) is 5.34. The van der Waals surface area contributed by atoms with E-state index < -0.39 is 12.8 Å². The van der Waals surface area contributed by atoms with Gasteiger partial charge in [-0.25, -0.2) is 9.67 Å². The van der Waals surface area contributed by atoms with Crippen molar-refractivity contribution in [2.24, 2.45) is 0 Å². The summed E-state index contributed by atoms with van der Waals surface area (Å²) < 4.78 is 41.3. The van der Waals surface area contributed by atoms with Gasteiger partial charge in [0.05, 0.1) is 0 Å². The molecule has 2 rings (SSSR count). The summed E-state index contributed by atoms with van der Waals surface area (Å²) in [5, 5.41) is 4.00. The van der Waals surface area contributed by atoms with Crippen molar-refractivity contribution in [2.45, 2.75) is 12.9 Å². The lowest BCUT2D eigenvalue weighted by Crippen LogP contribution is -2.18. The highest BCUT2D eigenvalue weighted by Gasteiger charge is 2.27. The molecule has 1 aromatic heterocycles. The van der Waals surface area contributed by atoms with E-state index in [1.807, 2.05) is 0 Å². The Morgan fingerprint density at radius 1 is 1.21 bits per heavy atom. The second kappa shape index (κ2) is 5.27. The quantitative estimate of drug-likeness (QED) is 0.865. The number of nitrogens with zero attached hydrogens (tertiary/aromatic N) is 3. The van der Waals surface area contributed by atoms with Crippen LogP contribution in [0.4, 0.5) is 18.9 Å². The van der Waals surface area contributed by atoms with Crippen LogP contribution in [0.3, 0.4) is 0 Å². The van der Waals surface area contributed by atoms with Crippen molar-refractivity contribution in [3.8, 4) is 11.4 Å². The van der Waals surface area contributed by atoms with Crippen molar-refractivity contribution in [1.29, 1.82) is 0 Å². The van der Waals surface area contributed by atoms with Crippen LogP contribution < -0.4 is 5.73 Å². The van der Waals surface area contributed by atoms with E-state index in [0.29, 0.717) is 11.5 Å². The van der Waals surface area contributed by atoms with Crippen LogP contribution in [-0.4, -0.2) is 27.5 Å². The number of nitrogen functional groups attached to an aromatic ring is 1. The molecule has 2 aromatic rings. The molecule has 0 saturated carbocycles. The Hall–Kier alpha value is -2.09. The third-order valence-electron chi connectivity index (χ3n) is 2.19. The molecule has 1 heterocycles. The predicted molar refractivity (Wildman–Crippen MR) is 61.9 cm³/mol. The van der Waals surface area contributed by atoms with Gasteiger partial charge < -0.3 is 10.5 Å². The van der Waals surface area contributed by atoms with E-state index in [0.717, 1.165) is 5.56 Å². The van der Waals surface area contributed by atoms with Crippen molar-refractivity contribution < 1.29 is 17.9 Å². The average molecular weight is 272 g/mol. The largest absolute Gasteiger partial charge is 0.411 e. The third kappa shape index (κ3) is 3.95. The summed E-state index contributed by atoms with van der Waals surface area (Å²) in [6.07, 6.45) is -3.04. The number of rotatable bonds is 4. The molecule has 5 nitrogen and oxygen atoms in total. The van der Waals surface area contributed by atoms with E-state index in [9.17, 15) is 13.2 Å². The van der Waals surface area contributed by atoms with Crippen molar-refractivity contribution in [1.82, 2.24) is 14.8 Å². The lowest BCUT2D eigenvalue weighted by atomic mass is 10.2. The second-order valence-electron chi connectivity index (χ2n) is 3.82. The van der Waals surface area contributed by atoms with Crippen molar-refractivity contribution >= 4 is 5.69 Å². The molecule has 0 saturated heterocycles. The van der Waals surface area contributed by atoms with Crippen LogP contribution in [-0.2, 0) is 11.5 Å². The maximum Gasteiger partial charge on any atom is 0.411 e. The number of anilines is 1. The minimum Gasteiger partial charge on any atom is -0.399 e. The summed E-state index contributed by atoms with van der Waals surface area (Å²) in [5.41, 5.74) is 6.88. The van der Waals surface area contributed by atoms with E-state index >= 15 is 0 Å². The van der Waals surface area contributed by atoms with Gasteiger partial charge in [-0.2, -0.15) is 13.2 Å². The number of halogens is 3. The molecule has 2 N–H and O–H groups in total. The zero-order valence-corrected chi connectivity index (χ0v) is 9.76. The Morgan fingerprint density at radius 3 is 2.53 bits per heavy atom. The normalized spacial score (nSPS) is 11.7. The van der Waals surface area contributed by atoms with E-state index in [2.05, 4.69) is 14.8 Å². The Kier molecular flexibility index (Phi) is 3.70. The lowest BCUT2D eigenvalue weighted by Gasteiger charge is -2.06. The van der Waals surface area contributed by atoms with E-state index in [1.54, 1.807) is 24.3 Å². The van der Waals surface area contributed by atoms with Crippen LogP contribution in [0.5, 0.6) is 0 Å². The molecule has 0 aliphatic heterocycles. The van der Waals surface area contributed by atoms with Crippen LogP contribution in [0.1, 0.15) is 0 Å². The summed E-state index contributed by atoms with van der Waals surface area (Å²) in [5.74, 6) is 0.399. The first kappa shape index (κ1) is 13.3. The van der Waals surface area contributed by atoms with Gasteiger partial charge in [0.1, 0.15) is 19.7 Å². The summed E-state index contributed by atoms with van der Waals surface area (Å²) >= 11 is 0. The van der Waals surface area contributed by atoms with Gasteiger partial charge in [0.2, 0.25) is 0 Å². The maximum atomic E-state index is 11.9. The van der Waals surface area contributed by atoms with Crippen LogP contribution in [0.2, 0.25) is 0 Å². The number of benzene rings is 1. The molecule has 1 aromatic carbocycles. The summed E-state index contributed by atoms with van der Waals surface area (Å²) in [6, 6.07) is 6.84. The number of aromatic nitrogens is 3. The fourth-order valence-corrected chi connectivity index (χ4v) is 1.38. The zero-order valence-electron chi connectivity index (χ0n) is 9.76. The molecule has 0 fully saturated rings. The SMILES string of the molecule is Nc1ccc(-c2ncn(COCC(F)(F)F)n2)cc1. The number of hydrogen-bond acceptors (Lipinski definition) is 4. The molecule has 0 unspecified atom stereocenters. The van der Waals surface area contributed by atoms with Crippen molar-refractivity contribution in [3.63, 3.8) is 0 Å². The second-order valence-corrected chi connectivity index (χ2v) is 3.82. The van der Waals surface area contributed by atoms with Gasteiger partial charge in [0.25, 0.3) is 0 Å². The predicted octanol–water partition coefficient (Wildman–Crippen LogP) is 2.06. The molecular formula is C11H11F3N4O. The molecule has 0 aliphatic carbocycles. The van der Waals surface area contributed by atoms with Gasteiger partial charge in [0, 0.05) is 11.3 Å². The number of ether oxygens (including phenoxy) is 1. The molecule has 19 heavy (non-hydrogen) atoms. The molecule has 102 valence electrons. The fourth-order valence-electron chi connectivity index (χ4n) is 1.38. The van der Waals surface area contributed by atoms with Crippen molar-refractivity contribution in [3.05, 3.63) is 30.6 Å². The highest BCUT2D eigenvalue weighted by molar-refractivity contribution is 5.57. The standard InChI is InChI=1S/C11H11F3N4O/c12-11(13,14)5-19-7-18-6-16-10(17-18)8-1-3-9(15)4-2-8/h1-4,6H,5,7,15H2. The Labute approximate surface area is 106 Å². The molecular weight excluding hydrogens is 261 g/mol. The molecule has 8 heteroatoms. The molecule has 0 radical (unpaired) electrons. The van der Waals surface area contributed by atoms with Gasteiger partial charge in [-0.1, -0.05) is 0 Å². The zero-order chi connectivity index (χ0) is 13.9. The number of hydrogen-bond donors (Lipinski definition) is 1. The third-order valence-corrected chi connectivity index (χ3v) is 2.19. The molecule has 0 amide bonds. The molecule has 0 aliphatic rings. The topological polar surface area (TPSA) is 66.0 Å². The fraction of sp³-hybridized carbons (Fsp3) is 0.273. The van der Waals surface area contributed by atoms with Crippen LogP contribution in [0.15, 0.2) is 30.6 Å². The van der Waals surface area contributed by atoms with Gasteiger partial charge >= 0.3 is 6.18 Å². The Balaban J connectivity index is 1.97. The van der Waals surface area contributed by atoms with Gasteiger partial charge in [-0.15, -0.1) is 5.10 Å². The molecule has 0 bridgehead atoms. The van der Waals surface area contributed by atoms with E-state index in [-0.39, 0.29) is 6.73 Å². The van der Waals surface area contributed by atoms with E-state index in [1.165, 1.54) is 11.0 Å².